The van der Waals surface area contributed by atoms with Crippen molar-refractivity contribution < 1.29 is 13.9 Å². The highest BCUT2D eigenvalue weighted by atomic mass is 16.5. The molecule has 5 nitrogen and oxygen atoms in total. The molecule has 0 aliphatic heterocycles. The number of hydrogen-bond donors (Lipinski definition) is 1. The zero-order valence-electron chi connectivity index (χ0n) is 7.03. The molecule has 0 atom stereocenters. The first kappa shape index (κ1) is 8.25. The van der Waals surface area contributed by atoms with Gasteiger partial charge in [0.05, 0.1) is 0 Å². The highest BCUT2D eigenvalue weighted by molar-refractivity contribution is 5.86. The predicted octanol–water partition coefficient (Wildman–Crippen LogP) is 0.541. The van der Waals surface area contributed by atoms with Crippen molar-refractivity contribution in [1.29, 1.82) is 0 Å². The molecule has 1 heterocycles. The number of carbonyl (C=O) groups excluding carboxylic acids is 1. The van der Waals surface area contributed by atoms with Crippen LogP contribution in [0.5, 0.6) is 0 Å². The van der Waals surface area contributed by atoms with Crippen LogP contribution in [0.3, 0.4) is 0 Å². The summed E-state index contributed by atoms with van der Waals surface area (Å²) in [6, 6.07) is 0.533. The topological polar surface area (TPSA) is 64.4 Å². The van der Waals surface area contributed by atoms with Gasteiger partial charge < -0.3 is 9.15 Å². The second kappa shape index (κ2) is 3.57. The van der Waals surface area contributed by atoms with E-state index in [1.807, 2.05) is 0 Å². The summed E-state index contributed by atoms with van der Waals surface area (Å²) in [6.45, 7) is 0.246. The zero-order valence-corrected chi connectivity index (χ0v) is 7.03. The minimum Gasteiger partial charge on any atom is -0.451 e. The van der Waals surface area contributed by atoms with E-state index < -0.39 is 5.97 Å². The third-order valence-electron chi connectivity index (χ3n) is 1.79. The van der Waals surface area contributed by atoms with E-state index in [9.17, 15) is 4.79 Å². The first-order chi connectivity index (χ1) is 6.36. The van der Waals surface area contributed by atoms with Gasteiger partial charge >= 0.3 is 5.97 Å². The number of esters is 1. The molecular weight excluding hydrogens is 172 g/mol. The third kappa shape index (κ3) is 2.29. The Balaban J connectivity index is 1.71. The highest BCUT2D eigenvalue weighted by Crippen LogP contribution is 2.18. The Hall–Kier alpha value is -1.36. The van der Waals surface area contributed by atoms with Crippen molar-refractivity contribution >= 4 is 5.97 Å². The Labute approximate surface area is 75.1 Å². The summed E-state index contributed by atoms with van der Waals surface area (Å²) in [4.78, 5) is 14.8. The van der Waals surface area contributed by atoms with Crippen molar-refractivity contribution in [2.75, 3.05) is 6.73 Å². The summed E-state index contributed by atoms with van der Waals surface area (Å²) in [5, 5.41) is 3.05. The first-order valence-corrected chi connectivity index (χ1v) is 4.15. The largest absolute Gasteiger partial charge is 0.451 e. The molecule has 1 fully saturated rings. The van der Waals surface area contributed by atoms with Gasteiger partial charge in [0.1, 0.15) is 13.0 Å². The van der Waals surface area contributed by atoms with Crippen LogP contribution in [0.15, 0.2) is 17.1 Å². The van der Waals surface area contributed by atoms with E-state index in [1.165, 1.54) is 25.5 Å². The van der Waals surface area contributed by atoms with Gasteiger partial charge in [-0.3, -0.25) is 5.32 Å². The lowest BCUT2D eigenvalue weighted by Crippen LogP contribution is -2.22. The molecule has 13 heavy (non-hydrogen) atoms. The quantitative estimate of drug-likeness (QED) is 0.544. The second-order valence-electron chi connectivity index (χ2n) is 2.93. The van der Waals surface area contributed by atoms with Crippen molar-refractivity contribution in [1.82, 2.24) is 10.3 Å². The molecule has 1 N–H and O–H groups in total. The Morgan fingerprint density at radius 1 is 1.77 bits per heavy atom. The SMILES string of the molecule is O=C(OCNC1CC1)c1cocn1. The molecule has 0 bridgehead atoms. The summed E-state index contributed by atoms with van der Waals surface area (Å²) in [6.07, 6.45) is 4.80. The van der Waals surface area contributed by atoms with Crippen molar-refractivity contribution in [2.45, 2.75) is 18.9 Å². The lowest BCUT2D eigenvalue weighted by molar-refractivity contribution is 0.0463. The molecule has 1 aromatic rings. The molecule has 0 amide bonds. The van der Waals surface area contributed by atoms with Crippen molar-refractivity contribution in [2.24, 2.45) is 0 Å². The highest BCUT2D eigenvalue weighted by Gasteiger charge is 2.20. The lowest BCUT2D eigenvalue weighted by atomic mass is 10.5. The number of ether oxygens (including phenoxy) is 1. The predicted molar refractivity (Wildman–Crippen MR) is 42.9 cm³/mol. The normalized spacial score (nSPS) is 15.7. The Morgan fingerprint density at radius 2 is 2.62 bits per heavy atom. The van der Waals surface area contributed by atoms with E-state index >= 15 is 0 Å². The molecule has 0 unspecified atom stereocenters. The number of nitrogens with one attached hydrogen (secondary N) is 1. The van der Waals surface area contributed by atoms with E-state index in [4.69, 9.17) is 4.74 Å². The van der Waals surface area contributed by atoms with Crippen molar-refractivity contribution in [3.63, 3.8) is 0 Å². The van der Waals surface area contributed by atoms with Crippen LogP contribution in [0.4, 0.5) is 0 Å². The van der Waals surface area contributed by atoms with Crippen LogP contribution in [0.25, 0.3) is 0 Å². The van der Waals surface area contributed by atoms with Gasteiger partial charge in [0.15, 0.2) is 12.1 Å². The standard InChI is InChI=1S/C8H10N2O3/c11-8(7-3-12-4-10-7)13-5-9-6-1-2-6/h3-4,6,9H,1-2,5H2. The van der Waals surface area contributed by atoms with E-state index in [0.29, 0.717) is 6.04 Å². The molecule has 0 radical (unpaired) electrons. The zero-order chi connectivity index (χ0) is 9.10. The lowest BCUT2D eigenvalue weighted by Gasteiger charge is -2.02. The monoisotopic (exact) mass is 182 g/mol. The van der Waals surface area contributed by atoms with E-state index in [-0.39, 0.29) is 12.4 Å². The number of hydrogen-bond acceptors (Lipinski definition) is 5. The third-order valence-corrected chi connectivity index (χ3v) is 1.79. The van der Waals surface area contributed by atoms with Gasteiger partial charge in [-0.2, -0.15) is 0 Å². The van der Waals surface area contributed by atoms with Gasteiger partial charge in [-0.1, -0.05) is 0 Å². The van der Waals surface area contributed by atoms with Crippen LogP contribution in [-0.2, 0) is 4.74 Å². The maximum absolute atomic E-state index is 11.1. The number of carbonyl (C=O) groups is 1. The van der Waals surface area contributed by atoms with E-state index in [1.54, 1.807) is 0 Å². The molecule has 0 spiro atoms. The Kier molecular flexibility index (Phi) is 2.27. The first-order valence-electron chi connectivity index (χ1n) is 4.15. The summed E-state index contributed by atoms with van der Waals surface area (Å²) >= 11 is 0. The van der Waals surface area contributed by atoms with Crippen LogP contribution in [0.1, 0.15) is 23.3 Å². The van der Waals surface area contributed by atoms with Gasteiger partial charge in [-0.15, -0.1) is 0 Å². The maximum atomic E-state index is 11.1. The molecule has 0 saturated heterocycles. The van der Waals surface area contributed by atoms with Crippen LogP contribution in [0, 0.1) is 0 Å². The second-order valence-corrected chi connectivity index (χ2v) is 2.93. The van der Waals surface area contributed by atoms with Gasteiger partial charge in [0, 0.05) is 6.04 Å². The number of nitrogens with zero attached hydrogens (tertiary/aromatic N) is 1. The summed E-state index contributed by atoms with van der Waals surface area (Å²) < 4.78 is 9.51. The molecule has 2 rings (SSSR count). The van der Waals surface area contributed by atoms with Crippen LogP contribution >= 0.6 is 0 Å². The number of rotatable bonds is 4. The molecule has 1 aromatic heterocycles. The molecular formula is C8H10N2O3. The van der Waals surface area contributed by atoms with Crippen LogP contribution < -0.4 is 5.32 Å². The van der Waals surface area contributed by atoms with Crippen molar-refractivity contribution in [3.8, 4) is 0 Å². The minimum atomic E-state index is -0.457. The van der Waals surface area contributed by atoms with E-state index in [2.05, 4.69) is 14.7 Å². The van der Waals surface area contributed by atoms with E-state index in [0.717, 1.165) is 0 Å². The van der Waals surface area contributed by atoms with Gasteiger partial charge in [0.2, 0.25) is 0 Å². The summed E-state index contributed by atoms with van der Waals surface area (Å²) in [7, 11) is 0. The van der Waals surface area contributed by atoms with Crippen LogP contribution in [0.2, 0.25) is 0 Å². The van der Waals surface area contributed by atoms with Gasteiger partial charge in [-0.25, -0.2) is 9.78 Å². The van der Waals surface area contributed by atoms with Crippen molar-refractivity contribution in [3.05, 3.63) is 18.4 Å². The fourth-order valence-electron chi connectivity index (χ4n) is 0.900. The summed E-state index contributed by atoms with van der Waals surface area (Å²) in [5.74, 6) is -0.457. The minimum absolute atomic E-state index is 0.206. The summed E-state index contributed by atoms with van der Waals surface area (Å²) in [5.41, 5.74) is 0.206. The smallest absolute Gasteiger partial charge is 0.361 e. The Morgan fingerprint density at radius 3 is 3.23 bits per heavy atom. The molecule has 1 aliphatic carbocycles. The maximum Gasteiger partial charge on any atom is 0.361 e. The van der Waals surface area contributed by atoms with Crippen LogP contribution in [-0.4, -0.2) is 23.7 Å². The Bertz CT molecular complexity index is 280. The van der Waals surface area contributed by atoms with Gasteiger partial charge in [0.25, 0.3) is 0 Å². The fraction of sp³-hybridized carbons (Fsp3) is 0.500. The molecule has 5 heteroatoms. The average Bonchev–Trinajstić information content (AvgIpc) is 2.80. The average molecular weight is 182 g/mol. The van der Waals surface area contributed by atoms with Gasteiger partial charge in [-0.05, 0) is 12.8 Å². The molecule has 1 saturated carbocycles. The number of oxazole rings is 1. The molecule has 0 aromatic carbocycles. The molecule has 70 valence electrons. The number of aromatic nitrogens is 1. The molecule has 1 aliphatic rings. The fourth-order valence-corrected chi connectivity index (χ4v) is 0.900.